The van der Waals surface area contributed by atoms with E-state index in [-0.39, 0.29) is 35.6 Å². The van der Waals surface area contributed by atoms with Crippen LogP contribution in [0.3, 0.4) is 0 Å². The van der Waals surface area contributed by atoms with Gasteiger partial charge in [-0.3, -0.25) is 19.8 Å². The van der Waals surface area contributed by atoms with E-state index < -0.39 is 0 Å². The van der Waals surface area contributed by atoms with Gasteiger partial charge in [-0.05, 0) is 55.7 Å². The molecule has 170 valence electrons. The Labute approximate surface area is 191 Å². The quantitative estimate of drug-likeness (QED) is 0.703. The Morgan fingerprint density at radius 1 is 1.03 bits per heavy atom. The Morgan fingerprint density at radius 3 is 2.61 bits per heavy atom. The van der Waals surface area contributed by atoms with Crippen LogP contribution >= 0.6 is 0 Å². The topological polar surface area (TPSA) is 97.0 Å². The van der Waals surface area contributed by atoms with E-state index in [1.165, 1.54) is 5.01 Å². The minimum absolute atomic E-state index is 0.161. The van der Waals surface area contributed by atoms with Crippen molar-refractivity contribution in [3.8, 4) is 11.5 Å². The molecule has 2 aromatic rings. The number of hydrogen-bond acceptors (Lipinski definition) is 5. The molecule has 0 saturated carbocycles. The number of ether oxygens (including phenoxy) is 2. The van der Waals surface area contributed by atoms with Crippen LogP contribution in [0.1, 0.15) is 41.7 Å². The van der Waals surface area contributed by atoms with Crippen molar-refractivity contribution in [1.82, 2.24) is 10.7 Å². The van der Waals surface area contributed by atoms with Gasteiger partial charge in [-0.1, -0.05) is 24.3 Å². The first-order valence-electron chi connectivity index (χ1n) is 11.1. The summed E-state index contributed by atoms with van der Waals surface area (Å²) in [7, 11) is 0. The number of carbonyl (C=O) groups is 3. The summed E-state index contributed by atoms with van der Waals surface area (Å²) >= 11 is 0. The van der Waals surface area contributed by atoms with Crippen molar-refractivity contribution in [2.24, 2.45) is 11.8 Å². The van der Waals surface area contributed by atoms with Crippen LogP contribution in [0.25, 0.3) is 0 Å². The molecule has 5 rings (SSSR count). The third kappa shape index (κ3) is 4.04. The molecule has 3 atom stereocenters. The predicted molar refractivity (Wildman–Crippen MR) is 121 cm³/mol. The molecule has 2 N–H and O–H groups in total. The van der Waals surface area contributed by atoms with Crippen molar-refractivity contribution in [2.45, 2.75) is 25.8 Å². The molecular weight excluding hydrogens is 422 g/mol. The molecule has 2 heterocycles. The van der Waals surface area contributed by atoms with Crippen LogP contribution in [-0.2, 0) is 9.59 Å². The molecule has 2 aromatic carbocycles. The van der Waals surface area contributed by atoms with Crippen LogP contribution in [0, 0.1) is 11.8 Å². The number of rotatable bonds is 4. The maximum atomic E-state index is 13.0. The summed E-state index contributed by atoms with van der Waals surface area (Å²) in [6, 6.07) is 12.0. The van der Waals surface area contributed by atoms with Crippen LogP contribution in [0.2, 0.25) is 0 Å². The average Bonchev–Trinajstić information content (AvgIpc) is 2.86. The molecule has 0 aromatic heterocycles. The van der Waals surface area contributed by atoms with E-state index in [1.54, 1.807) is 24.3 Å². The lowest BCUT2D eigenvalue weighted by atomic mass is 9.80. The fourth-order valence-corrected chi connectivity index (χ4v) is 4.46. The van der Waals surface area contributed by atoms with Crippen LogP contribution in [-0.4, -0.2) is 30.9 Å². The molecule has 2 aliphatic heterocycles. The van der Waals surface area contributed by atoms with Gasteiger partial charge in [-0.25, -0.2) is 5.01 Å². The van der Waals surface area contributed by atoms with Gasteiger partial charge >= 0.3 is 0 Å². The molecule has 3 amide bonds. The first-order chi connectivity index (χ1) is 16.0. The minimum atomic E-state index is -0.378. The lowest BCUT2D eigenvalue weighted by Gasteiger charge is -2.38. The number of anilines is 1. The Bertz CT molecular complexity index is 1140. The van der Waals surface area contributed by atoms with Gasteiger partial charge in [0, 0.05) is 5.56 Å². The molecule has 0 spiro atoms. The molecule has 0 bridgehead atoms. The Balaban J connectivity index is 1.31. The smallest absolute Gasteiger partial charge is 0.251 e. The zero-order valence-electron chi connectivity index (χ0n) is 18.2. The molecule has 1 saturated heterocycles. The second kappa shape index (κ2) is 8.61. The fraction of sp³-hybridized carbons (Fsp3) is 0.320. The number of allylic oxidation sites excluding steroid dienone is 2. The average molecular weight is 447 g/mol. The van der Waals surface area contributed by atoms with Gasteiger partial charge in [0.1, 0.15) is 13.2 Å². The summed E-state index contributed by atoms with van der Waals surface area (Å²) in [4.78, 5) is 38.5. The number of benzene rings is 2. The van der Waals surface area contributed by atoms with Gasteiger partial charge in [0.2, 0.25) is 11.8 Å². The number of hydrazine groups is 1. The summed E-state index contributed by atoms with van der Waals surface area (Å²) in [5.41, 5.74) is 4.44. The minimum Gasteiger partial charge on any atom is -0.486 e. The van der Waals surface area contributed by atoms with E-state index >= 15 is 0 Å². The number of nitrogens with zero attached hydrogens (tertiary/aromatic N) is 1. The normalized spacial score (nSPS) is 22.3. The third-order valence-electron chi connectivity index (χ3n) is 6.31. The van der Waals surface area contributed by atoms with Crippen molar-refractivity contribution in [3.63, 3.8) is 0 Å². The van der Waals surface area contributed by atoms with Crippen molar-refractivity contribution >= 4 is 23.4 Å². The molecule has 8 heteroatoms. The summed E-state index contributed by atoms with van der Waals surface area (Å²) in [6.45, 7) is 2.90. The van der Waals surface area contributed by atoms with Crippen LogP contribution in [0.15, 0.2) is 54.6 Å². The van der Waals surface area contributed by atoms with Gasteiger partial charge in [-0.2, -0.15) is 0 Å². The van der Waals surface area contributed by atoms with Gasteiger partial charge in [0.05, 0.1) is 23.6 Å². The fourth-order valence-electron chi connectivity index (χ4n) is 4.46. The number of carbonyl (C=O) groups excluding carboxylic acids is 3. The predicted octanol–water partition coefficient (Wildman–Crippen LogP) is 2.91. The summed E-state index contributed by atoms with van der Waals surface area (Å²) in [5.74, 6) is 0.0245. The first kappa shape index (κ1) is 21.1. The largest absolute Gasteiger partial charge is 0.486 e. The van der Waals surface area contributed by atoms with Crippen molar-refractivity contribution in [3.05, 3.63) is 65.7 Å². The maximum absolute atomic E-state index is 13.0. The summed E-state index contributed by atoms with van der Waals surface area (Å²) in [5, 5.41) is 4.25. The zero-order chi connectivity index (χ0) is 22.9. The van der Waals surface area contributed by atoms with E-state index in [0.717, 1.165) is 5.56 Å². The van der Waals surface area contributed by atoms with Crippen LogP contribution < -0.4 is 25.2 Å². The van der Waals surface area contributed by atoms with Crippen molar-refractivity contribution < 1.29 is 23.9 Å². The van der Waals surface area contributed by atoms with Crippen LogP contribution in [0.4, 0.5) is 5.69 Å². The third-order valence-corrected chi connectivity index (χ3v) is 6.31. The van der Waals surface area contributed by atoms with E-state index in [4.69, 9.17) is 9.47 Å². The van der Waals surface area contributed by atoms with Crippen molar-refractivity contribution in [2.75, 3.05) is 18.2 Å². The standard InChI is InChI=1S/C25H25N3O5/c1-15(16-9-10-21-22(14-16)33-12-11-32-21)26-23(29)17-5-4-6-18(13-17)28-25(31)20-8-3-2-7-19(20)24(30)27-28/h2-6,9-10,13-15,19-20H,7-8,11-12H2,1H3,(H,26,29)(H,27,30)/t15-,19-,20-/m0/s1. The second-order valence-corrected chi connectivity index (χ2v) is 8.45. The maximum Gasteiger partial charge on any atom is 0.251 e. The Morgan fingerprint density at radius 2 is 1.79 bits per heavy atom. The SMILES string of the molecule is C[C@H](NC(=O)c1cccc(N2NC(=O)[C@H]3CC=CC[C@@H]3C2=O)c1)c1ccc2c(c1)OCCO2. The van der Waals surface area contributed by atoms with Crippen LogP contribution in [0.5, 0.6) is 11.5 Å². The highest BCUT2D eigenvalue weighted by molar-refractivity contribution is 6.05. The van der Waals surface area contributed by atoms with E-state index in [1.807, 2.05) is 37.3 Å². The highest BCUT2D eigenvalue weighted by Crippen LogP contribution is 2.34. The highest BCUT2D eigenvalue weighted by Gasteiger charge is 2.42. The number of nitrogens with one attached hydrogen (secondary N) is 2. The summed E-state index contributed by atoms with van der Waals surface area (Å²) in [6.07, 6.45) is 4.99. The molecule has 1 fully saturated rings. The Hall–Kier alpha value is -3.81. The van der Waals surface area contributed by atoms with E-state index in [2.05, 4.69) is 10.7 Å². The number of fused-ring (bicyclic) bond motifs is 2. The van der Waals surface area contributed by atoms with E-state index in [9.17, 15) is 14.4 Å². The van der Waals surface area contributed by atoms with Gasteiger partial charge in [0.25, 0.3) is 5.91 Å². The molecule has 8 nitrogen and oxygen atoms in total. The lowest BCUT2D eigenvalue weighted by Crippen LogP contribution is -2.59. The van der Waals surface area contributed by atoms with Crippen molar-refractivity contribution in [1.29, 1.82) is 0 Å². The zero-order valence-corrected chi connectivity index (χ0v) is 18.2. The molecular formula is C25H25N3O5. The van der Waals surface area contributed by atoms with Gasteiger partial charge in [-0.15, -0.1) is 0 Å². The van der Waals surface area contributed by atoms with Gasteiger partial charge in [0.15, 0.2) is 11.5 Å². The second-order valence-electron chi connectivity index (χ2n) is 8.45. The number of hydrogen-bond donors (Lipinski definition) is 2. The first-order valence-corrected chi connectivity index (χ1v) is 11.1. The monoisotopic (exact) mass is 447 g/mol. The van der Waals surface area contributed by atoms with E-state index in [0.29, 0.717) is 48.8 Å². The molecule has 33 heavy (non-hydrogen) atoms. The molecule has 3 aliphatic rings. The summed E-state index contributed by atoms with van der Waals surface area (Å²) < 4.78 is 11.2. The lowest BCUT2D eigenvalue weighted by molar-refractivity contribution is -0.139. The van der Waals surface area contributed by atoms with Gasteiger partial charge < -0.3 is 14.8 Å². The molecule has 0 unspecified atom stereocenters. The highest BCUT2D eigenvalue weighted by atomic mass is 16.6. The molecule has 0 radical (unpaired) electrons. The molecule has 1 aliphatic carbocycles. The Kier molecular flexibility index (Phi) is 5.50. The number of amides is 3.